The summed E-state index contributed by atoms with van der Waals surface area (Å²) >= 11 is 0. The highest BCUT2D eigenvalue weighted by molar-refractivity contribution is 6.06. The molecule has 4 rings (SSSR count). The minimum Gasteiger partial charge on any atom is -0.493 e. The number of benzene rings is 3. The normalized spacial score (nSPS) is 11.4. The second-order valence-corrected chi connectivity index (χ2v) is 8.12. The van der Waals surface area contributed by atoms with E-state index in [0.717, 1.165) is 0 Å². The number of ether oxygens (including phenoxy) is 3. The van der Waals surface area contributed by atoms with Gasteiger partial charge in [0.15, 0.2) is 17.6 Å². The zero-order chi connectivity index (χ0) is 26.5. The van der Waals surface area contributed by atoms with Crippen LogP contribution in [0.3, 0.4) is 0 Å². The van der Waals surface area contributed by atoms with Crippen molar-refractivity contribution >= 4 is 34.4 Å². The van der Waals surface area contributed by atoms with Crippen LogP contribution in [0.5, 0.6) is 11.5 Å². The standard InChI is InChI=1S/C28H25N3O6/c1-16(27(33)30-19-11-8-17(9-12-19)26(29)32)37-28(34)21-15-23(31-22-7-5-4-6-20(21)22)18-10-13-24(35-2)25(14-18)36-3/h4-16H,1-3H3,(H2,29,32)(H,30,33). The van der Waals surface area contributed by atoms with Crippen molar-refractivity contribution in [3.05, 3.63) is 83.9 Å². The van der Waals surface area contributed by atoms with E-state index in [1.54, 1.807) is 43.5 Å². The predicted octanol–water partition coefficient (Wildman–Crippen LogP) is 4.20. The number of nitrogens with one attached hydrogen (secondary N) is 1. The lowest BCUT2D eigenvalue weighted by Crippen LogP contribution is -2.30. The van der Waals surface area contributed by atoms with Crippen LogP contribution in [-0.2, 0) is 9.53 Å². The maximum absolute atomic E-state index is 13.2. The van der Waals surface area contributed by atoms with Crippen LogP contribution in [0, 0.1) is 0 Å². The van der Waals surface area contributed by atoms with Gasteiger partial charge >= 0.3 is 5.97 Å². The summed E-state index contributed by atoms with van der Waals surface area (Å²) in [5, 5.41) is 3.25. The third-order valence-electron chi connectivity index (χ3n) is 5.71. The highest BCUT2D eigenvalue weighted by Crippen LogP contribution is 2.33. The van der Waals surface area contributed by atoms with Crippen LogP contribution >= 0.6 is 0 Å². The van der Waals surface area contributed by atoms with E-state index in [2.05, 4.69) is 5.32 Å². The van der Waals surface area contributed by atoms with Crippen molar-refractivity contribution < 1.29 is 28.6 Å². The lowest BCUT2D eigenvalue weighted by atomic mass is 10.0. The van der Waals surface area contributed by atoms with Crippen molar-refractivity contribution in [2.75, 3.05) is 19.5 Å². The van der Waals surface area contributed by atoms with Crippen LogP contribution in [0.4, 0.5) is 5.69 Å². The van der Waals surface area contributed by atoms with Crippen molar-refractivity contribution in [3.63, 3.8) is 0 Å². The Morgan fingerprint density at radius 2 is 1.59 bits per heavy atom. The predicted molar refractivity (Wildman–Crippen MR) is 139 cm³/mol. The quantitative estimate of drug-likeness (QED) is 0.348. The zero-order valence-corrected chi connectivity index (χ0v) is 20.5. The fourth-order valence-electron chi connectivity index (χ4n) is 3.73. The van der Waals surface area contributed by atoms with Crippen molar-refractivity contribution in [3.8, 4) is 22.8 Å². The summed E-state index contributed by atoms with van der Waals surface area (Å²) in [4.78, 5) is 41.8. The van der Waals surface area contributed by atoms with E-state index >= 15 is 0 Å². The van der Waals surface area contributed by atoms with Gasteiger partial charge in [-0.05, 0) is 61.5 Å². The number of nitrogens with zero attached hydrogens (tertiary/aromatic N) is 1. The molecule has 0 bridgehead atoms. The first-order chi connectivity index (χ1) is 17.8. The monoisotopic (exact) mass is 499 g/mol. The van der Waals surface area contributed by atoms with Gasteiger partial charge in [-0.25, -0.2) is 9.78 Å². The van der Waals surface area contributed by atoms with E-state index in [4.69, 9.17) is 24.9 Å². The van der Waals surface area contributed by atoms with E-state index < -0.39 is 23.9 Å². The molecule has 9 nitrogen and oxygen atoms in total. The average molecular weight is 500 g/mol. The fourth-order valence-corrected chi connectivity index (χ4v) is 3.73. The number of primary amides is 1. The molecule has 1 unspecified atom stereocenters. The van der Waals surface area contributed by atoms with Crippen LogP contribution in [0.1, 0.15) is 27.6 Å². The minimum absolute atomic E-state index is 0.265. The topological polar surface area (TPSA) is 130 Å². The second kappa shape index (κ2) is 10.8. The van der Waals surface area contributed by atoms with Crippen LogP contribution in [0.2, 0.25) is 0 Å². The number of aromatic nitrogens is 1. The number of fused-ring (bicyclic) bond motifs is 1. The molecule has 1 heterocycles. The van der Waals surface area contributed by atoms with Gasteiger partial charge in [0.2, 0.25) is 5.91 Å². The molecule has 3 N–H and O–H groups in total. The van der Waals surface area contributed by atoms with E-state index in [0.29, 0.717) is 44.9 Å². The molecule has 0 saturated carbocycles. The van der Waals surface area contributed by atoms with E-state index in [9.17, 15) is 14.4 Å². The Bertz CT molecular complexity index is 1480. The summed E-state index contributed by atoms with van der Waals surface area (Å²) in [5.74, 6) is -0.688. The Balaban J connectivity index is 1.59. The van der Waals surface area contributed by atoms with Crippen LogP contribution < -0.4 is 20.5 Å². The van der Waals surface area contributed by atoms with Crippen molar-refractivity contribution in [1.82, 2.24) is 4.98 Å². The van der Waals surface area contributed by atoms with Gasteiger partial charge in [0, 0.05) is 22.2 Å². The number of hydrogen-bond acceptors (Lipinski definition) is 7. The summed E-state index contributed by atoms with van der Waals surface area (Å²) < 4.78 is 16.2. The molecule has 0 radical (unpaired) electrons. The Labute approximate surface area is 213 Å². The molecule has 1 atom stereocenters. The first kappa shape index (κ1) is 25.2. The SMILES string of the molecule is COc1ccc(-c2cc(C(=O)OC(C)C(=O)Nc3ccc(C(N)=O)cc3)c3ccccc3n2)cc1OC. The molecule has 0 aliphatic rings. The Morgan fingerprint density at radius 1 is 0.892 bits per heavy atom. The molecule has 1 aromatic heterocycles. The van der Waals surface area contributed by atoms with Gasteiger partial charge in [0.25, 0.3) is 5.91 Å². The number of carbonyl (C=O) groups is 3. The smallest absolute Gasteiger partial charge is 0.339 e. The molecule has 37 heavy (non-hydrogen) atoms. The number of amides is 2. The maximum Gasteiger partial charge on any atom is 0.339 e. The second-order valence-electron chi connectivity index (χ2n) is 8.12. The van der Waals surface area contributed by atoms with Gasteiger partial charge in [0.1, 0.15) is 0 Å². The molecule has 0 aliphatic heterocycles. The minimum atomic E-state index is -1.10. The molecule has 4 aromatic rings. The Kier molecular flexibility index (Phi) is 7.34. The summed E-state index contributed by atoms with van der Waals surface area (Å²) in [5.41, 5.74) is 8.08. The summed E-state index contributed by atoms with van der Waals surface area (Å²) in [6.45, 7) is 1.48. The number of pyridine rings is 1. The van der Waals surface area contributed by atoms with Gasteiger partial charge in [-0.1, -0.05) is 18.2 Å². The Morgan fingerprint density at radius 3 is 2.27 bits per heavy atom. The number of methoxy groups -OCH3 is 2. The number of nitrogens with two attached hydrogens (primary N) is 1. The number of anilines is 1. The first-order valence-corrected chi connectivity index (χ1v) is 11.3. The van der Waals surface area contributed by atoms with Crippen molar-refractivity contribution in [1.29, 1.82) is 0 Å². The van der Waals surface area contributed by atoms with E-state index in [1.807, 2.05) is 12.1 Å². The Hall–Kier alpha value is -4.92. The summed E-state index contributed by atoms with van der Waals surface area (Å²) in [7, 11) is 3.09. The first-order valence-electron chi connectivity index (χ1n) is 11.3. The molecule has 0 aliphatic carbocycles. The number of esters is 1. The van der Waals surface area contributed by atoms with Gasteiger partial charge < -0.3 is 25.3 Å². The van der Waals surface area contributed by atoms with Gasteiger partial charge in [-0.3, -0.25) is 9.59 Å². The highest BCUT2D eigenvalue weighted by Gasteiger charge is 2.22. The lowest BCUT2D eigenvalue weighted by Gasteiger charge is -2.15. The highest BCUT2D eigenvalue weighted by atomic mass is 16.5. The summed E-state index contributed by atoms with van der Waals surface area (Å²) in [6.07, 6.45) is -1.10. The number of carbonyl (C=O) groups excluding carboxylic acids is 3. The molecule has 3 aromatic carbocycles. The number of rotatable bonds is 8. The number of hydrogen-bond donors (Lipinski definition) is 2. The molecular weight excluding hydrogens is 474 g/mol. The molecule has 0 spiro atoms. The van der Waals surface area contributed by atoms with Crippen LogP contribution in [-0.4, -0.2) is 43.1 Å². The van der Waals surface area contributed by atoms with Gasteiger partial charge in [0.05, 0.1) is 31.0 Å². The molecule has 0 fully saturated rings. The number of para-hydroxylation sites is 1. The molecular formula is C28H25N3O6. The molecule has 188 valence electrons. The van der Waals surface area contributed by atoms with E-state index in [1.165, 1.54) is 38.3 Å². The average Bonchev–Trinajstić information content (AvgIpc) is 2.92. The third-order valence-corrected chi connectivity index (χ3v) is 5.71. The largest absolute Gasteiger partial charge is 0.493 e. The van der Waals surface area contributed by atoms with Crippen molar-refractivity contribution in [2.45, 2.75) is 13.0 Å². The summed E-state index contributed by atoms with van der Waals surface area (Å²) in [6, 6.07) is 20.2. The lowest BCUT2D eigenvalue weighted by molar-refractivity contribution is -0.123. The van der Waals surface area contributed by atoms with E-state index in [-0.39, 0.29) is 5.56 Å². The van der Waals surface area contributed by atoms with Gasteiger partial charge in [-0.2, -0.15) is 0 Å². The van der Waals surface area contributed by atoms with Crippen LogP contribution in [0.25, 0.3) is 22.2 Å². The zero-order valence-electron chi connectivity index (χ0n) is 20.5. The fraction of sp³-hybridized carbons (Fsp3) is 0.143. The van der Waals surface area contributed by atoms with Crippen molar-refractivity contribution in [2.24, 2.45) is 5.73 Å². The van der Waals surface area contributed by atoms with Gasteiger partial charge in [-0.15, -0.1) is 0 Å². The third kappa shape index (κ3) is 5.51. The van der Waals surface area contributed by atoms with Crippen LogP contribution in [0.15, 0.2) is 72.8 Å². The maximum atomic E-state index is 13.2. The molecule has 9 heteroatoms. The molecule has 0 saturated heterocycles. The molecule has 2 amide bonds.